The summed E-state index contributed by atoms with van der Waals surface area (Å²) in [5.74, 6) is 0.866. The van der Waals surface area contributed by atoms with Crippen molar-refractivity contribution in [3.8, 4) is 5.75 Å². The maximum Gasteiger partial charge on any atom is 0.185 e. The highest BCUT2D eigenvalue weighted by Gasteiger charge is 2.22. The predicted octanol–water partition coefficient (Wildman–Crippen LogP) is 1.98. The fourth-order valence-corrected chi connectivity index (χ4v) is 3.26. The van der Waals surface area contributed by atoms with Crippen LogP contribution < -0.4 is 4.74 Å². The van der Waals surface area contributed by atoms with E-state index < -0.39 is 12.2 Å². The number of aliphatic hydroxyl groups is 2. The van der Waals surface area contributed by atoms with Gasteiger partial charge in [0.05, 0.1) is 23.4 Å². The molecule has 2 aromatic rings. The van der Waals surface area contributed by atoms with Crippen LogP contribution >= 0.6 is 23.1 Å². The van der Waals surface area contributed by atoms with Crippen LogP contribution in [0.1, 0.15) is 18.0 Å². The summed E-state index contributed by atoms with van der Waals surface area (Å²) in [6.07, 6.45) is -2.11. The molecule has 0 saturated carbocycles. The lowest BCUT2D eigenvalue weighted by atomic mass is 10.2. The van der Waals surface area contributed by atoms with Crippen LogP contribution in [0.15, 0.2) is 18.2 Å². The zero-order chi connectivity index (χ0) is 14.7. The number of aromatic nitrogens is 1. The summed E-state index contributed by atoms with van der Waals surface area (Å²) in [5, 5.41) is 20.3. The van der Waals surface area contributed by atoms with Gasteiger partial charge in [-0.05, 0) is 18.2 Å². The Morgan fingerprint density at radius 2 is 2.25 bits per heavy atom. The van der Waals surface area contributed by atoms with Crippen molar-refractivity contribution < 1.29 is 19.7 Å². The number of carbonyl (C=O) groups excluding carboxylic acids is 1. The molecule has 0 fully saturated rings. The number of thiazole rings is 1. The average molecular weight is 313 g/mol. The first kappa shape index (κ1) is 15.2. The van der Waals surface area contributed by atoms with Gasteiger partial charge in [-0.2, -0.15) is 0 Å². The first-order valence-electron chi connectivity index (χ1n) is 5.95. The Labute approximate surface area is 124 Å². The number of thioether (sulfide) groups is 1. The highest BCUT2D eigenvalue weighted by atomic mass is 32.2. The van der Waals surface area contributed by atoms with Gasteiger partial charge in [0.15, 0.2) is 5.12 Å². The fraction of sp³-hybridized carbons (Fsp3) is 0.385. The number of hydrogen-bond donors (Lipinski definition) is 2. The van der Waals surface area contributed by atoms with E-state index >= 15 is 0 Å². The number of aliphatic hydroxyl groups excluding tert-OH is 2. The number of ether oxygens (including phenoxy) is 1. The van der Waals surface area contributed by atoms with Crippen molar-refractivity contribution >= 4 is 38.4 Å². The molecule has 20 heavy (non-hydrogen) atoms. The molecular weight excluding hydrogens is 298 g/mol. The van der Waals surface area contributed by atoms with Crippen LogP contribution in [0.2, 0.25) is 0 Å². The minimum absolute atomic E-state index is 0.0923. The lowest BCUT2D eigenvalue weighted by molar-refractivity contribution is -0.109. The molecule has 2 rings (SSSR count). The van der Waals surface area contributed by atoms with Crippen LogP contribution in [-0.2, 0) is 4.79 Å². The van der Waals surface area contributed by atoms with Gasteiger partial charge in [0.25, 0.3) is 0 Å². The minimum Gasteiger partial charge on any atom is -0.497 e. The van der Waals surface area contributed by atoms with Gasteiger partial charge in [-0.1, -0.05) is 11.8 Å². The molecule has 0 aliphatic heterocycles. The Bertz CT molecular complexity index is 613. The SMILES string of the molecule is COc1ccc2nc(C(O)C(O)CSC(C)=O)sc2c1. The molecule has 1 heterocycles. The molecule has 0 aliphatic rings. The van der Waals surface area contributed by atoms with Crippen LogP contribution in [-0.4, -0.2) is 39.3 Å². The summed E-state index contributed by atoms with van der Waals surface area (Å²) >= 11 is 2.29. The van der Waals surface area contributed by atoms with Gasteiger partial charge in [0, 0.05) is 12.7 Å². The predicted molar refractivity (Wildman–Crippen MR) is 80.3 cm³/mol. The lowest BCUT2D eigenvalue weighted by Gasteiger charge is -2.14. The van der Waals surface area contributed by atoms with Crippen molar-refractivity contribution in [1.29, 1.82) is 0 Å². The van der Waals surface area contributed by atoms with Crippen molar-refractivity contribution in [3.63, 3.8) is 0 Å². The molecule has 1 aromatic carbocycles. The van der Waals surface area contributed by atoms with E-state index in [1.165, 1.54) is 18.3 Å². The Hall–Kier alpha value is -1.15. The first-order valence-corrected chi connectivity index (χ1v) is 7.75. The number of benzene rings is 1. The smallest absolute Gasteiger partial charge is 0.185 e. The highest BCUT2D eigenvalue weighted by Crippen LogP contribution is 2.31. The summed E-state index contributed by atoms with van der Waals surface area (Å²) in [6, 6.07) is 5.43. The summed E-state index contributed by atoms with van der Waals surface area (Å²) < 4.78 is 6.01. The van der Waals surface area contributed by atoms with Crippen LogP contribution in [0.5, 0.6) is 5.75 Å². The largest absolute Gasteiger partial charge is 0.497 e. The Balaban J connectivity index is 2.17. The second-order valence-electron chi connectivity index (χ2n) is 4.20. The fourth-order valence-electron chi connectivity index (χ4n) is 1.63. The maximum absolute atomic E-state index is 10.9. The van der Waals surface area contributed by atoms with Crippen molar-refractivity contribution in [3.05, 3.63) is 23.2 Å². The maximum atomic E-state index is 10.9. The third-order valence-corrected chi connectivity index (χ3v) is 4.69. The standard InChI is InChI=1S/C13H15NO4S2/c1-7(15)19-6-10(16)12(17)13-14-9-4-3-8(18-2)5-11(9)20-13/h3-5,10,12,16-17H,6H2,1-2H3. The minimum atomic E-state index is -1.09. The van der Waals surface area contributed by atoms with E-state index in [4.69, 9.17) is 4.74 Å². The van der Waals surface area contributed by atoms with Gasteiger partial charge in [-0.25, -0.2) is 4.98 Å². The van der Waals surface area contributed by atoms with E-state index in [-0.39, 0.29) is 10.9 Å². The number of fused-ring (bicyclic) bond motifs is 1. The summed E-state index contributed by atoms with van der Waals surface area (Å²) in [7, 11) is 1.58. The quantitative estimate of drug-likeness (QED) is 0.878. The van der Waals surface area contributed by atoms with Crippen molar-refractivity contribution in [2.24, 2.45) is 0 Å². The Morgan fingerprint density at radius 1 is 1.50 bits per heavy atom. The van der Waals surface area contributed by atoms with Gasteiger partial charge in [0.2, 0.25) is 0 Å². The van der Waals surface area contributed by atoms with Gasteiger partial charge >= 0.3 is 0 Å². The van der Waals surface area contributed by atoms with E-state index in [0.29, 0.717) is 5.01 Å². The van der Waals surface area contributed by atoms with Crippen LogP contribution in [0.4, 0.5) is 0 Å². The van der Waals surface area contributed by atoms with Gasteiger partial charge in [-0.15, -0.1) is 11.3 Å². The molecule has 5 nitrogen and oxygen atoms in total. The molecule has 0 amide bonds. The molecule has 0 saturated heterocycles. The number of rotatable bonds is 5. The van der Waals surface area contributed by atoms with Crippen LogP contribution in [0.3, 0.4) is 0 Å². The molecule has 7 heteroatoms. The van der Waals surface area contributed by atoms with Crippen molar-refractivity contribution in [1.82, 2.24) is 4.98 Å². The number of hydrogen-bond acceptors (Lipinski definition) is 7. The zero-order valence-corrected chi connectivity index (χ0v) is 12.7. The normalized spacial score (nSPS) is 14.2. The molecule has 0 aliphatic carbocycles. The second-order valence-corrected chi connectivity index (χ2v) is 6.46. The second kappa shape index (κ2) is 6.53. The van der Waals surface area contributed by atoms with E-state index in [2.05, 4.69) is 4.98 Å². The van der Waals surface area contributed by atoms with Crippen LogP contribution in [0, 0.1) is 0 Å². The molecule has 0 spiro atoms. The molecule has 2 unspecified atom stereocenters. The summed E-state index contributed by atoms with van der Waals surface area (Å²) in [4.78, 5) is 15.2. The Morgan fingerprint density at radius 3 is 2.90 bits per heavy atom. The lowest BCUT2D eigenvalue weighted by Crippen LogP contribution is -2.21. The Kier molecular flexibility index (Phi) is 4.98. The van der Waals surface area contributed by atoms with E-state index in [0.717, 1.165) is 27.7 Å². The molecule has 0 bridgehead atoms. The van der Waals surface area contributed by atoms with Gasteiger partial charge in [-0.3, -0.25) is 4.79 Å². The highest BCUT2D eigenvalue weighted by molar-refractivity contribution is 8.13. The summed E-state index contributed by atoms with van der Waals surface area (Å²) in [5.41, 5.74) is 0.747. The van der Waals surface area contributed by atoms with Gasteiger partial charge < -0.3 is 14.9 Å². The van der Waals surface area contributed by atoms with E-state index in [9.17, 15) is 15.0 Å². The number of nitrogens with zero attached hydrogens (tertiary/aromatic N) is 1. The monoisotopic (exact) mass is 313 g/mol. The molecule has 0 radical (unpaired) electrons. The van der Waals surface area contributed by atoms with Gasteiger partial charge in [0.1, 0.15) is 16.9 Å². The van der Waals surface area contributed by atoms with Crippen molar-refractivity contribution in [2.45, 2.75) is 19.1 Å². The topological polar surface area (TPSA) is 79.7 Å². The van der Waals surface area contributed by atoms with Crippen LogP contribution in [0.25, 0.3) is 10.2 Å². The molecule has 1 aromatic heterocycles. The third kappa shape index (κ3) is 3.49. The third-order valence-electron chi connectivity index (χ3n) is 2.69. The summed E-state index contributed by atoms with van der Waals surface area (Å²) in [6.45, 7) is 1.42. The van der Waals surface area contributed by atoms with E-state index in [1.807, 2.05) is 6.07 Å². The van der Waals surface area contributed by atoms with E-state index in [1.54, 1.807) is 19.2 Å². The molecular formula is C13H15NO4S2. The molecule has 2 N–H and O–H groups in total. The van der Waals surface area contributed by atoms with Crippen molar-refractivity contribution in [2.75, 3.05) is 12.9 Å². The number of carbonyl (C=O) groups is 1. The average Bonchev–Trinajstić information content (AvgIpc) is 2.86. The molecule has 2 atom stereocenters. The zero-order valence-electron chi connectivity index (χ0n) is 11.1. The molecule has 108 valence electrons. The number of methoxy groups -OCH3 is 1. The first-order chi connectivity index (χ1) is 9.51.